The van der Waals surface area contributed by atoms with E-state index >= 15 is 0 Å². The first-order valence-corrected chi connectivity index (χ1v) is 18.9. The lowest BCUT2D eigenvalue weighted by Crippen LogP contribution is -2.45. The second-order valence-corrected chi connectivity index (χ2v) is 13.0. The zero-order valence-corrected chi connectivity index (χ0v) is 28.5. The molecule has 0 aliphatic rings. The van der Waals surface area contributed by atoms with Crippen LogP contribution in [0.5, 0.6) is 0 Å². The van der Waals surface area contributed by atoms with Gasteiger partial charge in [0.05, 0.1) is 18.8 Å². The number of aliphatic hydroxyl groups is 2. The first-order valence-electron chi connectivity index (χ1n) is 18.9. The molecule has 0 aromatic rings. The van der Waals surface area contributed by atoms with Crippen molar-refractivity contribution < 1.29 is 15.0 Å². The fourth-order valence-corrected chi connectivity index (χ4v) is 5.82. The van der Waals surface area contributed by atoms with E-state index in [0.29, 0.717) is 6.42 Å². The number of carbonyl (C=O) groups is 1. The minimum atomic E-state index is -0.829. The molecule has 0 saturated carbocycles. The molecule has 0 aliphatic carbocycles. The van der Waals surface area contributed by atoms with E-state index in [9.17, 15) is 15.0 Å². The Morgan fingerprint density at radius 1 is 0.548 bits per heavy atom. The van der Waals surface area contributed by atoms with Crippen molar-refractivity contribution in [3.8, 4) is 0 Å². The molecule has 42 heavy (non-hydrogen) atoms. The van der Waals surface area contributed by atoms with Crippen molar-refractivity contribution in [2.75, 3.05) is 6.61 Å². The third-order valence-electron chi connectivity index (χ3n) is 8.77. The molecule has 3 N–H and O–H groups in total. The van der Waals surface area contributed by atoms with Crippen LogP contribution >= 0.6 is 0 Å². The fraction of sp³-hybridized carbons (Fsp3) is 0.921. The van der Waals surface area contributed by atoms with E-state index < -0.39 is 12.1 Å². The molecular formula is C38H75NO3. The van der Waals surface area contributed by atoms with Gasteiger partial charge in [0.1, 0.15) is 0 Å². The molecule has 0 aromatic carbocycles. The summed E-state index contributed by atoms with van der Waals surface area (Å²) < 4.78 is 0. The molecule has 0 spiro atoms. The molecule has 0 aromatic heterocycles. The lowest BCUT2D eigenvalue weighted by atomic mass is 10.0. The van der Waals surface area contributed by atoms with Crippen LogP contribution in [0.25, 0.3) is 0 Å². The van der Waals surface area contributed by atoms with E-state index in [4.69, 9.17) is 0 Å². The Morgan fingerprint density at radius 2 is 0.881 bits per heavy atom. The van der Waals surface area contributed by atoms with Crippen molar-refractivity contribution >= 4 is 5.91 Å². The van der Waals surface area contributed by atoms with Crippen LogP contribution < -0.4 is 5.32 Å². The molecule has 250 valence electrons. The van der Waals surface area contributed by atoms with Gasteiger partial charge in [-0.3, -0.25) is 4.79 Å². The highest BCUT2D eigenvalue weighted by molar-refractivity contribution is 5.76. The van der Waals surface area contributed by atoms with Gasteiger partial charge in [0, 0.05) is 6.42 Å². The zero-order chi connectivity index (χ0) is 30.8. The van der Waals surface area contributed by atoms with E-state index in [1.54, 1.807) is 6.08 Å². The summed E-state index contributed by atoms with van der Waals surface area (Å²) in [6.07, 6.45) is 42.0. The Kier molecular flexibility index (Phi) is 33.9. The fourth-order valence-electron chi connectivity index (χ4n) is 5.82. The van der Waals surface area contributed by atoms with E-state index in [0.717, 1.165) is 25.7 Å². The summed E-state index contributed by atoms with van der Waals surface area (Å²) in [6, 6.07) is -0.612. The third kappa shape index (κ3) is 30.6. The number of rotatable bonds is 34. The van der Waals surface area contributed by atoms with Gasteiger partial charge < -0.3 is 15.5 Å². The van der Waals surface area contributed by atoms with Gasteiger partial charge in [-0.2, -0.15) is 0 Å². The zero-order valence-electron chi connectivity index (χ0n) is 28.5. The molecule has 4 nitrogen and oxygen atoms in total. The summed E-state index contributed by atoms with van der Waals surface area (Å²) in [7, 11) is 0. The number of amides is 1. The standard InChI is InChI=1S/C38H75NO3/c1-3-5-7-9-10-11-12-13-14-15-16-17-18-19-20-21-22-23-24-25-26-27-28-30-32-34-38(42)39-36(35-40)37(41)33-31-29-8-6-4-2/h31,33,36-37,40-41H,3-30,32,34-35H2,1-2H3,(H,39,42)/b33-31+. The Labute approximate surface area is 263 Å². The van der Waals surface area contributed by atoms with Crippen molar-refractivity contribution in [1.82, 2.24) is 5.32 Å². The minimum Gasteiger partial charge on any atom is -0.394 e. The maximum Gasteiger partial charge on any atom is 0.220 e. The van der Waals surface area contributed by atoms with Crippen molar-refractivity contribution in [3.63, 3.8) is 0 Å². The van der Waals surface area contributed by atoms with Gasteiger partial charge in [0.15, 0.2) is 0 Å². The lowest BCUT2D eigenvalue weighted by molar-refractivity contribution is -0.123. The van der Waals surface area contributed by atoms with Crippen molar-refractivity contribution in [1.29, 1.82) is 0 Å². The third-order valence-corrected chi connectivity index (χ3v) is 8.77. The molecule has 2 atom stereocenters. The van der Waals surface area contributed by atoms with Crippen molar-refractivity contribution in [2.45, 2.75) is 219 Å². The molecule has 0 heterocycles. The first kappa shape index (κ1) is 41.1. The number of allylic oxidation sites excluding steroid dienone is 1. The highest BCUT2D eigenvalue weighted by Crippen LogP contribution is 2.16. The SMILES string of the molecule is CCCCC/C=C/C(O)C(CO)NC(=O)CCCCCCCCCCCCCCCCCCCCCCCCCCC. The molecule has 0 bridgehead atoms. The van der Waals surface area contributed by atoms with Crippen LogP contribution in [0.4, 0.5) is 0 Å². The number of carbonyl (C=O) groups excluding carboxylic acids is 1. The van der Waals surface area contributed by atoms with Crippen LogP contribution in [-0.2, 0) is 4.79 Å². The molecule has 0 fully saturated rings. The average Bonchev–Trinajstić information content (AvgIpc) is 2.99. The van der Waals surface area contributed by atoms with E-state index in [1.165, 1.54) is 161 Å². The number of unbranched alkanes of at least 4 members (excludes halogenated alkanes) is 27. The first-order chi connectivity index (χ1) is 20.7. The molecule has 0 aliphatic heterocycles. The van der Waals surface area contributed by atoms with Crippen LogP contribution in [0, 0.1) is 0 Å². The van der Waals surface area contributed by atoms with Gasteiger partial charge >= 0.3 is 0 Å². The highest BCUT2D eigenvalue weighted by Gasteiger charge is 2.17. The second-order valence-electron chi connectivity index (χ2n) is 13.0. The smallest absolute Gasteiger partial charge is 0.220 e. The Hall–Kier alpha value is -0.870. The Balaban J connectivity index is 3.36. The van der Waals surface area contributed by atoms with E-state index in [1.807, 2.05) is 6.08 Å². The average molecular weight is 594 g/mol. The summed E-state index contributed by atoms with van der Waals surface area (Å²) >= 11 is 0. The maximum absolute atomic E-state index is 12.2. The lowest BCUT2D eigenvalue weighted by Gasteiger charge is -2.20. The second kappa shape index (κ2) is 34.6. The highest BCUT2D eigenvalue weighted by atomic mass is 16.3. The van der Waals surface area contributed by atoms with Crippen LogP contribution in [0.2, 0.25) is 0 Å². The maximum atomic E-state index is 12.2. The van der Waals surface area contributed by atoms with Gasteiger partial charge in [-0.25, -0.2) is 0 Å². The van der Waals surface area contributed by atoms with Gasteiger partial charge in [0.25, 0.3) is 0 Å². The summed E-state index contributed by atoms with van der Waals surface area (Å²) in [5.74, 6) is -0.0680. The van der Waals surface area contributed by atoms with Crippen LogP contribution in [-0.4, -0.2) is 34.9 Å². The molecule has 1 amide bonds. The summed E-state index contributed by atoms with van der Waals surface area (Å²) in [5, 5.41) is 22.6. The van der Waals surface area contributed by atoms with Crippen molar-refractivity contribution in [2.24, 2.45) is 0 Å². The van der Waals surface area contributed by atoms with Crippen LogP contribution in [0.3, 0.4) is 0 Å². The monoisotopic (exact) mass is 594 g/mol. The number of hydrogen-bond donors (Lipinski definition) is 3. The van der Waals surface area contributed by atoms with E-state index in [2.05, 4.69) is 19.2 Å². The molecule has 0 radical (unpaired) electrons. The molecular weight excluding hydrogens is 518 g/mol. The van der Waals surface area contributed by atoms with E-state index in [-0.39, 0.29) is 12.5 Å². The predicted molar refractivity (Wildman–Crippen MR) is 184 cm³/mol. The normalized spacial score (nSPS) is 13.1. The summed E-state index contributed by atoms with van der Waals surface area (Å²) in [4.78, 5) is 12.2. The molecule has 0 saturated heterocycles. The summed E-state index contributed by atoms with van der Waals surface area (Å²) in [5.41, 5.74) is 0. The quantitative estimate of drug-likeness (QED) is 0.0513. The molecule has 0 rings (SSSR count). The molecule has 2 unspecified atom stereocenters. The number of hydrogen-bond acceptors (Lipinski definition) is 3. The Bertz CT molecular complexity index is 565. The topological polar surface area (TPSA) is 69.6 Å². The molecule has 4 heteroatoms. The summed E-state index contributed by atoms with van der Waals surface area (Å²) in [6.45, 7) is 4.22. The van der Waals surface area contributed by atoms with Gasteiger partial charge in [-0.15, -0.1) is 0 Å². The Morgan fingerprint density at radius 3 is 1.24 bits per heavy atom. The van der Waals surface area contributed by atoms with Crippen molar-refractivity contribution in [3.05, 3.63) is 12.2 Å². The van der Waals surface area contributed by atoms with Gasteiger partial charge in [-0.1, -0.05) is 193 Å². The van der Waals surface area contributed by atoms with Crippen LogP contribution in [0.1, 0.15) is 206 Å². The largest absolute Gasteiger partial charge is 0.394 e. The van der Waals surface area contributed by atoms with Gasteiger partial charge in [-0.05, 0) is 19.3 Å². The van der Waals surface area contributed by atoms with Crippen LogP contribution in [0.15, 0.2) is 12.2 Å². The number of aliphatic hydroxyl groups excluding tert-OH is 2. The minimum absolute atomic E-state index is 0.0680. The number of nitrogens with one attached hydrogen (secondary N) is 1. The van der Waals surface area contributed by atoms with Gasteiger partial charge in [0.2, 0.25) is 5.91 Å². The predicted octanol–water partition coefficient (Wildman–Crippen LogP) is 11.1.